The van der Waals surface area contributed by atoms with Crippen LogP contribution in [0.25, 0.3) is 0 Å². The molecule has 0 amide bonds. The minimum atomic E-state index is 0.519. The van der Waals surface area contributed by atoms with E-state index in [0.717, 1.165) is 17.8 Å². The molecule has 0 aromatic carbocycles. The fraction of sp³-hybridized carbons (Fsp3) is 1.00. The Morgan fingerprint density at radius 1 is 1.12 bits per heavy atom. The summed E-state index contributed by atoms with van der Waals surface area (Å²) in [5.74, 6) is 2.77. The topological polar surface area (TPSA) is 12.0 Å². The Kier molecular flexibility index (Phi) is 5.30. The van der Waals surface area contributed by atoms with Crippen LogP contribution in [0.3, 0.4) is 0 Å². The van der Waals surface area contributed by atoms with Gasteiger partial charge in [0.25, 0.3) is 0 Å². The summed E-state index contributed by atoms with van der Waals surface area (Å²) in [4.78, 5) is 0. The lowest BCUT2D eigenvalue weighted by Gasteiger charge is -2.38. The minimum Gasteiger partial charge on any atom is -0.316 e. The van der Waals surface area contributed by atoms with Crippen molar-refractivity contribution in [2.24, 2.45) is 23.2 Å². The molecule has 1 aliphatic rings. The zero-order valence-electron chi connectivity index (χ0n) is 12.0. The number of rotatable bonds is 6. The molecule has 96 valence electrons. The molecule has 2 unspecified atom stereocenters. The summed E-state index contributed by atoms with van der Waals surface area (Å²) < 4.78 is 0. The predicted octanol–water partition coefficient (Wildman–Crippen LogP) is 4.08. The van der Waals surface area contributed by atoms with Gasteiger partial charge in [-0.2, -0.15) is 0 Å². The van der Waals surface area contributed by atoms with Crippen molar-refractivity contribution in [3.63, 3.8) is 0 Å². The van der Waals surface area contributed by atoms with Gasteiger partial charge in [0.05, 0.1) is 0 Å². The molecule has 0 bridgehead atoms. The summed E-state index contributed by atoms with van der Waals surface area (Å²) in [5.41, 5.74) is 0.519. The molecule has 1 saturated carbocycles. The van der Waals surface area contributed by atoms with E-state index in [1.165, 1.54) is 38.8 Å². The highest BCUT2D eigenvalue weighted by Gasteiger charge is 2.30. The number of hydrogen-bond donors (Lipinski definition) is 1. The van der Waals surface area contributed by atoms with Crippen LogP contribution in [0.1, 0.15) is 60.3 Å². The fourth-order valence-electron chi connectivity index (χ4n) is 2.46. The van der Waals surface area contributed by atoms with Gasteiger partial charge in [-0.05, 0) is 61.9 Å². The average Bonchev–Trinajstić information content (AvgIpc) is 2.08. The van der Waals surface area contributed by atoms with Crippen LogP contribution < -0.4 is 5.32 Å². The smallest absolute Gasteiger partial charge is 0.00178 e. The molecule has 0 saturated heterocycles. The quantitative estimate of drug-likeness (QED) is 0.718. The van der Waals surface area contributed by atoms with Gasteiger partial charge in [0.2, 0.25) is 0 Å². The van der Waals surface area contributed by atoms with Crippen LogP contribution in [0.5, 0.6) is 0 Å². The van der Waals surface area contributed by atoms with Crippen molar-refractivity contribution in [1.82, 2.24) is 5.32 Å². The van der Waals surface area contributed by atoms with Crippen LogP contribution in [0.15, 0.2) is 0 Å². The van der Waals surface area contributed by atoms with E-state index in [1.54, 1.807) is 0 Å². The lowest BCUT2D eigenvalue weighted by atomic mass is 9.69. The maximum absolute atomic E-state index is 3.61. The molecule has 0 aromatic heterocycles. The summed E-state index contributed by atoms with van der Waals surface area (Å²) in [6.45, 7) is 14.1. The van der Waals surface area contributed by atoms with Crippen molar-refractivity contribution in [3.05, 3.63) is 0 Å². The second kappa shape index (κ2) is 6.05. The molecule has 0 aromatic rings. The van der Waals surface area contributed by atoms with E-state index in [9.17, 15) is 0 Å². The van der Waals surface area contributed by atoms with Gasteiger partial charge in [0, 0.05) is 0 Å². The molecule has 0 aliphatic heterocycles. The summed E-state index contributed by atoms with van der Waals surface area (Å²) in [6.07, 6.45) is 5.76. The van der Waals surface area contributed by atoms with Gasteiger partial charge in [0.1, 0.15) is 0 Å². The van der Waals surface area contributed by atoms with Gasteiger partial charge in [-0.3, -0.25) is 0 Å². The van der Waals surface area contributed by atoms with Crippen LogP contribution in [0, 0.1) is 23.2 Å². The lowest BCUT2D eigenvalue weighted by molar-refractivity contribution is 0.140. The molecule has 1 aliphatic carbocycles. The van der Waals surface area contributed by atoms with Gasteiger partial charge >= 0.3 is 0 Å². The first-order chi connectivity index (χ1) is 7.38. The first kappa shape index (κ1) is 14.0. The van der Waals surface area contributed by atoms with E-state index < -0.39 is 0 Å². The summed E-state index contributed by atoms with van der Waals surface area (Å²) in [5, 5.41) is 3.61. The third-order valence-electron chi connectivity index (χ3n) is 3.80. The van der Waals surface area contributed by atoms with Gasteiger partial charge in [-0.25, -0.2) is 0 Å². The number of nitrogens with one attached hydrogen (secondary N) is 1. The molecule has 1 heteroatoms. The molecular weight excluding hydrogens is 194 g/mol. The summed E-state index contributed by atoms with van der Waals surface area (Å²) >= 11 is 0. The maximum atomic E-state index is 3.61. The Morgan fingerprint density at radius 3 is 2.19 bits per heavy atom. The lowest BCUT2D eigenvalue weighted by Crippen LogP contribution is -2.36. The van der Waals surface area contributed by atoms with Crippen molar-refractivity contribution < 1.29 is 0 Å². The molecule has 0 heterocycles. The zero-order chi connectivity index (χ0) is 12.2. The standard InChI is InChI=1S/C15H31N/c1-12(2)10-16-11-14-7-6-13(14)8-9-15(3,4)5/h12-14,16H,6-11H2,1-5H3. The summed E-state index contributed by atoms with van der Waals surface area (Å²) in [7, 11) is 0. The highest BCUT2D eigenvalue weighted by molar-refractivity contribution is 4.83. The fourth-order valence-corrected chi connectivity index (χ4v) is 2.46. The Labute approximate surface area is 102 Å². The van der Waals surface area contributed by atoms with Crippen molar-refractivity contribution in [2.45, 2.75) is 60.3 Å². The molecular formula is C15H31N. The van der Waals surface area contributed by atoms with Crippen LogP contribution >= 0.6 is 0 Å². The van der Waals surface area contributed by atoms with Gasteiger partial charge in [0.15, 0.2) is 0 Å². The van der Waals surface area contributed by atoms with Crippen LogP contribution in [-0.2, 0) is 0 Å². The Balaban J connectivity index is 2.11. The molecule has 0 spiro atoms. The number of hydrogen-bond acceptors (Lipinski definition) is 1. The van der Waals surface area contributed by atoms with E-state index in [0.29, 0.717) is 5.41 Å². The van der Waals surface area contributed by atoms with E-state index in [2.05, 4.69) is 39.9 Å². The van der Waals surface area contributed by atoms with Gasteiger partial charge in [-0.15, -0.1) is 0 Å². The van der Waals surface area contributed by atoms with E-state index in [4.69, 9.17) is 0 Å². The SMILES string of the molecule is CC(C)CNCC1CCC1CCC(C)(C)C. The molecule has 1 fully saturated rings. The molecule has 1 nitrogen and oxygen atoms in total. The van der Waals surface area contributed by atoms with Crippen LogP contribution in [0.4, 0.5) is 0 Å². The predicted molar refractivity (Wildman–Crippen MR) is 72.6 cm³/mol. The summed E-state index contributed by atoms with van der Waals surface area (Å²) in [6, 6.07) is 0. The molecule has 1 rings (SSSR count). The Morgan fingerprint density at radius 2 is 1.75 bits per heavy atom. The third kappa shape index (κ3) is 5.34. The van der Waals surface area contributed by atoms with E-state index in [-0.39, 0.29) is 0 Å². The first-order valence-electron chi connectivity index (χ1n) is 7.09. The highest BCUT2D eigenvalue weighted by Crippen LogP contribution is 2.39. The Hall–Kier alpha value is -0.0400. The molecule has 16 heavy (non-hydrogen) atoms. The van der Waals surface area contributed by atoms with Crippen LogP contribution in [0.2, 0.25) is 0 Å². The van der Waals surface area contributed by atoms with E-state index >= 15 is 0 Å². The molecule has 0 radical (unpaired) electrons. The minimum absolute atomic E-state index is 0.519. The third-order valence-corrected chi connectivity index (χ3v) is 3.80. The Bertz CT molecular complexity index is 190. The normalized spacial score (nSPS) is 25.9. The van der Waals surface area contributed by atoms with Crippen molar-refractivity contribution >= 4 is 0 Å². The monoisotopic (exact) mass is 225 g/mol. The largest absolute Gasteiger partial charge is 0.316 e. The molecule has 1 N–H and O–H groups in total. The second-order valence-electron chi connectivity index (χ2n) is 7.25. The van der Waals surface area contributed by atoms with Crippen molar-refractivity contribution in [2.75, 3.05) is 13.1 Å². The van der Waals surface area contributed by atoms with Crippen molar-refractivity contribution in [3.8, 4) is 0 Å². The van der Waals surface area contributed by atoms with Crippen LogP contribution in [-0.4, -0.2) is 13.1 Å². The zero-order valence-corrected chi connectivity index (χ0v) is 12.0. The van der Waals surface area contributed by atoms with Gasteiger partial charge in [-0.1, -0.05) is 34.6 Å². The van der Waals surface area contributed by atoms with E-state index in [1.807, 2.05) is 0 Å². The maximum Gasteiger partial charge on any atom is -0.00178 e. The van der Waals surface area contributed by atoms with Crippen molar-refractivity contribution in [1.29, 1.82) is 0 Å². The van der Waals surface area contributed by atoms with Gasteiger partial charge < -0.3 is 5.32 Å². The first-order valence-corrected chi connectivity index (χ1v) is 7.09. The average molecular weight is 225 g/mol. The molecule has 2 atom stereocenters. The second-order valence-corrected chi connectivity index (χ2v) is 7.25. The highest BCUT2D eigenvalue weighted by atomic mass is 14.9.